The van der Waals surface area contributed by atoms with Gasteiger partial charge in [-0.2, -0.15) is 5.10 Å². The quantitative estimate of drug-likeness (QED) is 0.776. The molecule has 0 atom stereocenters. The topological polar surface area (TPSA) is 92.9 Å². The van der Waals surface area contributed by atoms with Gasteiger partial charge in [-0.05, 0) is 26.3 Å². The van der Waals surface area contributed by atoms with Gasteiger partial charge >= 0.3 is 5.97 Å². The molecule has 0 amide bonds. The second-order valence-corrected chi connectivity index (χ2v) is 4.49. The predicted octanol–water partition coefficient (Wildman–Crippen LogP) is 1.49. The van der Waals surface area contributed by atoms with Crippen LogP contribution in [0.15, 0.2) is 18.5 Å². The highest BCUT2D eigenvalue weighted by Gasteiger charge is 2.11. The maximum Gasteiger partial charge on any atom is 0.358 e. The minimum absolute atomic E-state index is 0.0568. The molecule has 0 aliphatic rings. The Morgan fingerprint density at radius 2 is 2.10 bits per heavy atom. The van der Waals surface area contributed by atoms with E-state index in [9.17, 15) is 4.79 Å². The number of hydrogen-bond acceptors (Lipinski definition) is 5. The van der Waals surface area contributed by atoms with Crippen molar-refractivity contribution in [2.24, 2.45) is 0 Å². The van der Waals surface area contributed by atoms with Crippen molar-refractivity contribution in [2.75, 3.05) is 11.9 Å². The highest BCUT2D eigenvalue weighted by atomic mass is 16.4. The lowest BCUT2D eigenvalue weighted by molar-refractivity contribution is 0.0691. The van der Waals surface area contributed by atoms with Crippen molar-refractivity contribution in [3.05, 3.63) is 35.5 Å². The van der Waals surface area contributed by atoms with Crippen LogP contribution in [-0.4, -0.2) is 37.4 Å². The lowest BCUT2D eigenvalue weighted by Gasteiger charge is -2.08. The number of nitrogens with one attached hydrogen (secondary N) is 1. The predicted molar refractivity (Wildman–Crippen MR) is 73.8 cm³/mol. The van der Waals surface area contributed by atoms with Crippen molar-refractivity contribution in [1.82, 2.24) is 19.7 Å². The molecule has 0 saturated carbocycles. The maximum absolute atomic E-state index is 11.0. The summed E-state index contributed by atoms with van der Waals surface area (Å²) in [6.45, 7) is 5.35. The highest BCUT2D eigenvalue weighted by Crippen LogP contribution is 2.08. The van der Waals surface area contributed by atoms with Crippen LogP contribution in [0, 0.1) is 13.8 Å². The summed E-state index contributed by atoms with van der Waals surface area (Å²) in [6.07, 6.45) is 3.65. The Kier molecular flexibility index (Phi) is 4.29. The van der Waals surface area contributed by atoms with Gasteiger partial charge in [0.25, 0.3) is 0 Å². The molecule has 0 aliphatic carbocycles. The molecule has 2 heterocycles. The van der Waals surface area contributed by atoms with Crippen molar-refractivity contribution >= 4 is 11.8 Å². The molecule has 0 spiro atoms. The first kappa shape index (κ1) is 14.0. The molecule has 2 aromatic heterocycles. The van der Waals surface area contributed by atoms with Gasteiger partial charge in [-0.3, -0.25) is 4.68 Å². The third-order valence-corrected chi connectivity index (χ3v) is 2.84. The molecule has 0 aliphatic heterocycles. The number of aromatic nitrogens is 4. The molecule has 2 N–H and O–H groups in total. The van der Waals surface area contributed by atoms with E-state index in [0.29, 0.717) is 12.4 Å². The summed E-state index contributed by atoms with van der Waals surface area (Å²) >= 11 is 0. The first-order chi connectivity index (χ1) is 9.58. The molecule has 0 radical (unpaired) electrons. The number of nitrogens with zero attached hydrogens (tertiary/aromatic N) is 4. The molecule has 2 rings (SSSR count). The number of hydrogen-bond donors (Lipinski definition) is 2. The van der Waals surface area contributed by atoms with Gasteiger partial charge < -0.3 is 10.4 Å². The van der Waals surface area contributed by atoms with Gasteiger partial charge in [-0.1, -0.05) is 0 Å². The van der Waals surface area contributed by atoms with Gasteiger partial charge in [-0.25, -0.2) is 14.8 Å². The van der Waals surface area contributed by atoms with Crippen molar-refractivity contribution in [2.45, 2.75) is 26.8 Å². The lowest BCUT2D eigenvalue weighted by Crippen LogP contribution is -2.13. The van der Waals surface area contributed by atoms with Crippen LogP contribution >= 0.6 is 0 Å². The highest BCUT2D eigenvalue weighted by molar-refractivity contribution is 5.90. The number of anilines is 1. The van der Waals surface area contributed by atoms with Crippen LogP contribution in [0.1, 0.15) is 28.3 Å². The summed E-state index contributed by atoms with van der Waals surface area (Å²) in [7, 11) is 0. The summed E-state index contributed by atoms with van der Waals surface area (Å²) in [5.41, 5.74) is 2.06. The average molecular weight is 275 g/mol. The van der Waals surface area contributed by atoms with Crippen LogP contribution < -0.4 is 5.32 Å². The second-order valence-electron chi connectivity index (χ2n) is 4.49. The summed E-state index contributed by atoms with van der Waals surface area (Å²) in [4.78, 5) is 18.7. The molecule has 0 fully saturated rings. The van der Waals surface area contributed by atoms with Crippen molar-refractivity contribution in [1.29, 1.82) is 0 Å². The van der Waals surface area contributed by atoms with Crippen LogP contribution in [-0.2, 0) is 6.54 Å². The molecule has 2 aromatic rings. The van der Waals surface area contributed by atoms with E-state index in [4.69, 9.17) is 5.11 Å². The number of carboxylic acid groups (broad SMARTS) is 1. The molecule has 7 heteroatoms. The summed E-state index contributed by atoms with van der Waals surface area (Å²) in [5.74, 6) is -0.785. The fourth-order valence-electron chi connectivity index (χ4n) is 1.96. The Balaban J connectivity index is 1.88. The molecule has 0 saturated heterocycles. The number of carboxylic acids is 1. The smallest absolute Gasteiger partial charge is 0.358 e. The zero-order valence-corrected chi connectivity index (χ0v) is 11.5. The van der Waals surface area contributed by atoms with E-state index in [2.05, 4.69) is 20.4 Å². The van der Waals surface area contributed by atoms with E-state index in [-0.39, 0.29) is 5.69 Å². The monoisotopic (exact) mass is 275 g/mol. The number of aromatic carboxylic acids is 1. The van der Waals surface area contributed by atoms with E-state index in [1.165, 1.54) is 12.4 Å². The molecular formula is C13H17N5O2. The van der Waals surface area contributed by atoms with E-state index in [1.54, 1.807) is 0 Å². The van der Waals surface area contributed by atoms with Crippen LogP contribution in [0.25, 0.3) is 0 Å². The Morgan fingerprint density at radius 3 is 2.75 bits per heavy atom. The Labute approximate surface area is 116 Å². The summed E-state index contributed by atoms with van der Waals surface area (Å²) < 4.78 is 1.94. The molecule has 106 valence electrons. The van der Waals surface area contributed by atoms with Gasteiger partial charge in [0.15, 0.2) is 11.5 Å². The van der Waals surface area contributed by atoms with Crippen molar-refractivity contribution in [3.8, 4) is 0 Å². The molecule has 0 unspecified atom stereocenters. The Bertz CT molecular complexity index is 609. The SMILES string of the molecule is Cc1cc(C)n(CCCNc2nccnc2C(=O)O)n1. The van der Waals surface area contributed by atoms with Crippen molar-refractivity contribution < 1.29 is 9.90 Å². The minimum Gasteiger partial charge on any atom is -0.476 e. The third kappa shape index (κ3) is 3.31. The van der Waals surface area contributed by atoms with E-state index in [1.807, 2.05) is 24.6 Å². The van der Waals surface area contributed by atoms with Gasteiger partial charge in [0, 0.05) is 31.2 Å². The van der Waals surface area contributed by atoms with E-state index in [0.717, 1.165) is 24.4 Å². The standard InChI is InChI=1S/C13H17N5O2/c1-9-8-10(2)18(17-9)7-3-4-15-12-11(13(19)20)14-5-6-16-12/h5-6,8H,3-4,7H2,1-2H3,(H,15,16)(H,19,20). The van der Waals surface area contributed by atoms with Crippen LogP contribution in [0.2, 0.25) is 0 Å². The van der Waals surface area contributed by atoms with Gasteiger partial charge in [0.1, 0.15) is 0 Å². The van der Waals surface area contributed by atoms with Crippen LogP contribution in [0.4, 0.5) is 5.82 Å². The zero-order chi connectivity index (χ0) is 14.5. The largest absolute Gasteiger partial charge is 0.476 e. The van der Waals surface area contributed by atoms with Crippen LogP contribution in [0.5, 0.6) is 0 Å². The van der Waals surface area contributed by atoms with Crippen LogP contribution in [0.3, 0.4) is 0 Å². The molecule has 7 nitrogen and oxygen atoms in total. The van der Waals surface area contributed by atoms with E-state index < -0.39 is 5.97 Å². The average Bonchev–Trinajstić information content (AvgIpc) is 2.73. The Morgan fingerprint density at radius 1 is 1.35 bits per heavy atom. The first-order valence-corrected chi connectivity index (χ1v) is 6.37. The van der Waals surface area contributed by atoms with Gasteiger partial charge in [0.2, 0.25) is 0 Å². The minimum atomic E-state index is -1.08. The fraction of sp³-hybridized carbons (Fsp3) is 0.385. The van der Waals surface area contributed by atoms with Crippen molar-refractivity contribution in [3.63, 3.8) is 0 Å². The molecule has 0 aromatic carbocycles. The molecule has 0 bridgehead atoms. The first-order valence-electron chi connectivity index (χ1n) is 6.37. The second kappa shape index (κ2) is 6.14. The molecule has 20 heavy (non-hydrogen) atoms. The summed E-state index contributed by atoms with van der Waals surface area (Å²) in [5, 5.41) is 16.3. The number of aryl methyl sites for hydroxylation is 3. The zero-order valence-electron chi connectivity index (χ0n) is 11.5. The third-order valence-electron chi connectivity index (χ3n) is 2.84. The number of carbonyl (C=O) groups is 1. The maximum atomic E-state index is 11.0. The van der Waals surface area contributed by atoms with E-state index >= 15 is 0 Å². The lowest BCUT2D eigenvalue weighted by atomic mass is 10.3. The fourth-order valence-corrected chi connectivity index (χ4v) is 1.96. The van der Waals surface area contributed by atoms with Gasteiger partial charge in [0.05, 0.1) is 5.69 Å². The Hall–Kier alpha value is -2.44. The molecular weight excluding hydrogens is 258 g/mol. The normalized spacial score (nSPS) is 10.5. The summed E-state index contributed by atoms with van der Waals surface area (Å²) in [6, 6.07) is 2.03. The van der Waals surface area contributed by atoms with Gasteiger partial charge in [-0.15, -0.1) is 0 Å². The number of rotatable bonds is 6.